The SMILES string of the molecule is C1=C(c2ccccc2)Oc2ccccc2C1[P+](c1ccccc1)(c1ccccc1)c1ccccc1.[O-][Cl+3]([O-])([O-])O. The number of para-hydroxylation sites is 1. The molecule has 5 aromatic rings. The molecule has 0 aromatic heterocycles. The summed E-state index contributed by atoms with van der Waals surface area (Å²) in [4.78, 5) is 0. The normalized spacial score (nSPS) is 14.6. The number of hydrogen-bond donors (Lipinski definition) is 1. The van der Waals surface area contributed by atoms with Gasteiger partial charge in [-0.2, -0.15) is 14.0 Å². The molecule has 0 saturated carbocycles. The molecule has 0 bridgehead atoms. The maximum absolute atomic E-state index is 8.60. The van der Waals surface area contributed by atoms with E-state index in [1.165, 1.54) is 21.5 Å². The Kier molecular flexibility index (Phi) is 8.43. The summed E-state index contributed by atoms with van der Waals surface area (Å²) >= 11 is 0. The zero-order chi connectivity index (χ0) is 28.0. The van der Waals surface area contributed by atoms with Gasteiger partial charge in [0.25, 0.3) is 0 Å². The van der Waals surface area contributed by atoms with Crippen molar-refractivity contribution in [3.05, 3.63) is 163 Å². The first-order chi connectivity index (χ1) is 19.4. The molecular weight excluding hydrogens is 543 g/mol. The van der Waals surface area contributed by atoms with Crippen LogP contribution in [0.4, 0.5) is 0 Å². The lowest BCUT2D eigenvalue weighted by Gasteiger charge is -2.36. The minimum Gasteiger partial charge on any atom is -0.456 e. The first-order valence-electron chi connectivity index (χ1n) is 12.6. The molecule has 1 heterocycles. The maximum Gasteiger partial charge on any atom is 0.134 e. The van der Waals surface area contributed by atoms with E-state index in [-0.39, 0.29) is 5.66 Å². The van der Waals surface area contributed by atoms with Crippen LogP contribution in [0.5, 0.6) is 5.75 Å². The lowest BCUT2D eigenvalue weighted by atomic mass is 10.0. The van der Waals surface area contributed by atoms with Crippen molar-refractivity contribution in [3.8, 4) is 5.75 Å². The molecule has 0 amide bonds. The molecule has 0 aliphatic carbocycles. The monoisotopic (exact) mass is 569 g/mol. The highest BCUT2D eigenvalue weighted by atomic mass is 35.7. The van der Waals surface area contributed by atoms with Crippen molar-refractivity contribution in [2.45, 2.75) is 5.66 Å². The minimum atomic E-state index is -4.69. The smallest absolute Gasteiger partial charge is 0.134 e. The van der Waals surface area contributed by atoms with Crippen molar-refractivity contribution in [1.29, 1.82) is 0 Å². The van der Waals surface area contributed by atoms with Gasteiger partial charge in [0.1, 0.15) is 40.3 Å². The van der Waals surface area contributed by atoms with Gasteiger partial charge in [0, 0.05) is 17.2 Å². The fraction of sp³-hybridized carbons (Fsp3) is 0.0303. The van der Waals surface area contributed by atoms with Gasteiger partial charge in [-0.15, -0.1) is 0 Å². The molecule has 1 N–H and O–H groups in total. The van der Waals surface area contributed by atoms with Gasteiger partial charge < -0.3 is 4.74 Å². The minimum absolute atomic E-state index is 0.120. The zero-order valence-electron chi connectivity index (χ0n) is 21.4. The topological polar surface area (TPSA) is 98.6 Å². The van der Waals surface area contributed by atoms with E-state index >= 15 is 0 Å². The van der Waals surface area contributed by atoms with E-state index in [0.717, 1.165) is 17.1 Å². The number of hydrogen-bond acceptors (Lipinski definition) is 5. The molecule has 1 aliphatic heterocycles. The van der Waals surface area contributed by atoms with E-state index in [1.54, 1.807) is 0 Å². The van der Waals surface area contributed by atoms with Crippen LogP contribution in [0.25, 0.3) is 5.76 Å². The Morgan fingerprint density at radius 2 is 0.925 bits per heavy atom. The molecule has 6 rings (SSSR count). The Morgan fingerprint density at radius 1 is 0.550 bits per heavy atom. The summed E-state index contributed by atoms with van der Waals surface area (Å²) in [6.45, 7) is 0. The summed E-state index contributed by atoms with van der Waals surface area (Å²) in [5.41, 5.74) is 2.45. The highest BCUT2D eigenvalue weighted by Gasteiger charge is 2.54. The number of benzene rings is 5. The highest BCUT2D eigenvalue weighted by molar-refractivity contribution is 7.96. The lowest BCUT2D eigenvalue weighted by molar-refractivity contribution is -1.92. The van der Waals surface area contributed by atoms with Gasteiger partial charge in [-0.3, -0.25) is 0 Å². The Labute approximate surface area is 236 Å². The third kappa shape index (κ3) is 6.01. The number of halogens is 1. The molecular formula is C33H27ClO5P+. The van der Waals surface area contributed by atoms with Crippen LogP contribution in [0, 0.1) is 10.2 Å². The van der Waals surface area contributed by atoms with Crippen LogP contribution in [0.15, 0.2) is 152 Å². The summed E-state index contributed by atoms with van der Waals surface area (Å²) < 4.78 is 39.3. The van der Waals surface area contributed by atoms with Crippen molar-refractivity contribution in [1.82, 2.24) is 0 Å². The van der Waals surface area contributed by atoms with Gasteiger partial charge >= 0.3 is 0 Å². The summed E-state index contributed by atoms with van der Waals surface area (Å²) in [5.74, 6) is 1.85. The first-order valence-corrected chi connectivity index (χ1v) is 15.7. The zero-order valence-corrected chi connectivity index (χ0v) is 23.1. The fourth-order valence-corrected chi connectivity index (χ4v) is 9.97. The summed E-state index contributed by atoms with van der Waals surface area (Å²) in [6.07, 6.45) is 2.37. The second kappa shape index (κ2) is 12.2. The predicted molar refractivity (Wildman–Crippen MR) is 152 cm³/mol. The van der Waals surface area contributed by atoms with E-state index in [0.29, 0.717) is 0 Å². The van der Waals surface area contributed by atoms with E-state index in [1.807, 2.05) is 6.07 Å². The van der Waals surface area contributed by atoms with Crippen LogP contribution >= 0.6 is 7.26 Å². The molecule has 0 fully saturated rings. The summed E-state index contributed by atoms with van der Waals surface area (Å²) in [7, 11) is -6.87. The Morgan fingerprint density at radius 3 is 1.38 bits per heavy atom. The van der Waals surface area contributed by atoms with Crippen molar-refractivity contribution in [2.75, 3.05) is 0 Å². The average Bonchev–Trinajstić information content (AvgIpc) is 2.99. The molecule has 5 nitrogen and oxygen atoms in total. The second-order valence-corrected chi connectivity index (χ2v) is 13.4. The third-order valence-corrected chi connectivity index (χ3v) is 11.3. The predicted octanol–water partition coefficient (Wildman–Crippen LogP) is 3.03. The molecule has 7 heteroatoms. The molecule has 40 heavy (non-hydrogen) atoms. The summed E-state index contributed by atoms with van der Waals surface area (Å²) in [5, 5.41) is 4.09. The molecule has 1 unspecified atom stereocenters. The third-order valence-electron chi connectivity index (χ3n) is 6.73. The van der Waals surface area contributed by atoms with Gasteiger partial charge in [-0.25, -0.2) is 0 Å². The van der Waals surface area contributed by atoms with Crippen molar-refractivity contribution < 1.29 is 33.6 Å². The van der Waals surface area contributed by atoms with Crippen LogP contribution in [-0.2, 0) is 0 Å². The standard InChI is InChI=1S/C33H26OP.ClHO4/c1-5-15-26(16-6-1)32-25-33(30-23-13-14-24-31(30)34-32)35(27-17-7-2-8-18-27,28-19-9-3-10-20-28)29-21-11-4-12-22-29;2-1(3,4)5/h1-25,33H;(H,2,3,4,5)/q+1;. The van der Waals surface area contributed by atoms with E-state index in [9.17, 15) is 0 Å². The van der Waals surface area contributed by atoms with E-state index in [2.05, 4.69) is 146 Å². The highest BCUT2D eigenvalue weighted by Crippen LogP contribution is 2.69. The van der Waals surface area contributed by atoms with Gasteiger partial charge in [-0.05, 0) is 42.5 Å². The largest absolute Gasteiger partial charge is 0.456 e. The molecule has 1 aliphatic rings. The van der Waals surface area contributed by atoms with Crippen LogP contribution < -0.4 is 34.6 Å². The van der Waals surface area contributed by atoms with Crippen LogP contribution in [0.3, 0.4) is 0 Å². The van der Waals surface area contributed by atoms with Crippen molar-refractivity contribution >= 4 is 28.9 Å². The van der Waals surface area contributed by atoms with Gasteiger partial charge in [0.15, 0.2) is 0 Å². The molecule has 0 radical (unpaired) electrons. The lowest BCUT2D eigenvalue weighted by Crippen LogP contribution is -2.58. The molecule has 0 spiro atoms. The fourth-order valence-electron chi connectivity index (χ4n) is 5.20. The number of allylic oxidation sites excluding steroid dienone is 1. The van der Waals surface area contributed by atoms with Gasteiger partial charge in [0.05, 0.1) is 14.9 Å². The van der Waals surface area contributed by atoms with Crippen LogP contribution in [0.2, 0.25) is 0 Å². The Hall–Kier alpha value is -3.80. The second-order valence-electron chi connectivity index (χ2n) is 9.11. The van der Waals surface area contributed by atoms with Gasteiger partial charge in [0.2, 0.25) is 0 Å². The van der Waals surface area contributed by atoms with Crippen molar-refractivity contribution in [3.63, 3.8) is 0 Å². The number of fused-ring (bicyclic) bond motifs is 1. The first kappa shape index (κ1) is 27.8. The van der Waals surface area contributed by atoms with E-state index < -0.39 is 17.5 Å². The Balaban J connectivity index is 0.000000595. The molecule has 200 valence electrons. The van der Waals surface area contributed by atoms with Crippen LogP contribution in [0.1, 0.15) is 16.8 Å². The van der Waals surface area contributed by atoms with Gasteiger partial charge in [-0.1, -0.05) is 103 Å². The summed E-state index contributed by atoms with van der Waals surface area (Å²) in [6, 6.07) is 52.2. The number of ether oxygens (including phenoxy) is 1. The molecule has 1 atom stereocenters. The Bertz CT molecular complexity index is 1450. The van der Waals surface area contributed by atoms with Crippen molar-refractivity contribution in [2.24, 2.45) is 0 Å². The number of rotatable bonds is 5. The molecule has 5 aromatic carbocycles. The van der Waals surface area contributed by atoms with E-state index in [4.69, 9.17) is 23.4 Å². The maximum atomic E-state index is 8.60. The molecule has 0 saturated heterocycles. The van der Waals surface area contributed by atoms with Crippen LogP contribution in [-0.4, -0.2) is 4.66 Å². The quantitative estimate of drug-likeness (QED) is 0.328. The average molecular weight is 570 g/mol.